The molecule has 0 saturated heterocycles. The number of phenols is 1. The van der Waals surface area contributed by atoms with Gasteiger partial charge in [-0.1, -0.05) is 54.7 Å². The van der Waals surface area contributed by atoms with Crippen molar-refractivity contribution in [2.24, 2.45) is 0 Å². The van der Waals surface area contributed by atoms with E-state index in [9.17, 15) is 15.2 Å². The van der Waals surface area contributed by atoms with E-state index in [1.54, 1.807) is 25.1 Å². The summed E-state index contributed by atoms with van der Waals surface area (Å²) in [5.74, 6) is 0.269. The maximum absolute atomic E-state index is 12.0. The third-order valence-electron chi connectivity index (χ3n) is 4.19. The van der Waals surface area contributed by atoms with Gasteiger partial charge in [0, 0.05) is 12.0 Å². The van der Waals surface area contributed by atoms with Crippen LogP contribution in [0.15, 0.2) is 48.5 Å². The molecule has 1 amide bonds. The van der Waals surface area contributed by atoms with Gasteiger partial charge in [-0.2, -0.15) is 5.26 Å². The van der Waals surface area contributed by atoms with Crippen LogP contribution in [0.3, 0.4) is 0 Å². The molecule has 0 atom stereocenters. The number of nitrogens with one attached hydrogen (secondary N) is 1. The molecule has 7 heteroatoms. The van der Waals surface area contributed by atoms with Crippen LogP contribution in [0, 0.1) is 11.3 Å². The van der Waals surface area contributed by atoms with Crippen molar-refractivity contribution in [3.63, 3.8) is 0 Å². The van der Waals surface area contributed by atoms with Crippen LogP contribution < -0.4 is 10.1 Å². The minimum absolute atomic E-state index is 0.0395. The Hall–Kier alpha value is -3.63. The zero-order chi connectivity index (χ0) is 21.5. The fourth-order valence-electron chi connectivity index (χ4n) is 2.73. The van der Waals surface area contributed by atoms with E-state index < -0.39 is 0 Å². The van der Waals surface area contributed by atoms with Crippen LogP contribution in [0.5, 0.6) is 11.5 Å². The summed E-state index contributed by atoms with van der Waals surface area (Å²) in [7, 11) is 0. The van der Waals surface area contributed by atoms with Gasteiger partial charge < -0.3 is 15.2 Å². The number of aromatic nitrogens is 1. The number of thiazole rings is 1. The molecular weight excluding hydrogens is 398 g/mol. The van der Waals surface area contributed by atoms with E-state index in [1.807, 2.05) is 37.3 Å². The Kier molecular flexibility index (Phi) is 6.83. The third kappa shape index (κ3) is 4.85. The Bertz CT molecular complexity index is 1110. The number of hydrogen-bond donors (Lipinski definition) is 2. The lowest BCUT2D eigenvalue weighted by molar-refractivity contribution is -0.115. The first-order chi connectivity index (χ1) is 14.5. The number of nitriles is 1. The molecule has 0 fully saturated rings. The van der Waals surface area contributed by atoms with Gasteiger partial charge in [-0.3, -0.25) is 4.79 Å². The summed E-state index contributed by atoms with van der Waals surface area (Å²) in [5.41, 5.74) is 2.52. The highest BCUT2D eigenvalue weighted by molar-refractivity contribution is 7.17. The van der Waals surface area contributed by atoms with Gasteiger partial charge in [-0.25, -0.2) is 4.98 Å². The number of rotatable bonds is 7. The molecule has 6 nitrogen and oxygen atoms in total. The van der Waals surface area contributed by atoms with Crippen LogP contribution in [0.4, 0.5) is 5.00 Å². The van der Waals surface area contributed by atoms with Gasteiger partial charge in [0.05, 0.1) is 12.2 Å². The van der Waals surface area contributed by atoms with Crippen LogP contribution in [-0.2, 0) is 4.79 Å². The normalized spacial score (nSPS) is 11.0. The summed E-state index contributed by atoms with van der Waals surface area (Å²) in [6.07, 6.45) is 2.02. The largest absolute Gasteiger partial charge is 0.504 e. The molecule has 0 aliphatic carbocycles. The Morgan fingerprint density at radius 2 is 2.03 bits per heavy atom. The molecule has 0 bridgehead atoms. The second-order valence-corrected chi connectivity index (χ2v) is 7.29. The number of phenolic OH excluding ortho intramolecular Hbond substituents is 1. The van der Waals surface area contributed by atoms with Gasteiger partial charge in [-0.05, 0) is 30.7 Å². The zero-order valence-corrected chi connectivity index (χ0v) is 17.5. The van der Waals surface area contributed by atoms with Crippen molar-refractivity contribution in [2.75, 3.05) is 11.9 Å². The summed E-state index contributed by atoms with van der Waals surface area (Å²) in [6.45, 7) is 4.02. The summed E-state index contributed by atoms with van der Waals surface area (Å²) in [6, 6.07) is 16.6. The quantitative estimate of drug-likeness (QED) is 0.505. The van der Waals surface area contributed by atoms with E-state index in [0.29, 0.717) is 45.6 Å². The molecule has 1 heterocycles. The lowest BCUT2D eigenvalue weighted by atomic mass is 10.1. The van der Waals surface area contributed by atoms with Gasteiger partial charge in [-0.15, -0.1) is 0 Å². The number of carbonyl (C=O) groups is 1. The number of hydrogen-bond acceptors (Lipinski definition) is 6. The van der Waals surface area contributed by atoms with Gasteiger partial charge >= 0.3 is 0 Å². The molecule has 0 saturated carbocycles. The number of ether oxygens (including phenoxy) is 1. The van der Waals surface area contributed by atoms with Gasteiger partial charge in [0.2, 0.25) is 5.91 Å². The summed E-state index contributed by atoms with van der Waals surface area (Å²) in [4.78, 5) is 16.6. The van der Waals surface area contributed by atoms with Crippen molar-refractivity contribution in [2.45, 2.75) is 20.3 Å². The highest BCUT2D eigenvalue weighted by atomic mass is 32.1. The lowest BCUT2D eigenvalue weighted by Crippen LogP contribution is -2.08. The van der Waals surface area contributed by atoms with Crippen molar-refractivity contribution in [3.8, 4) is 28.8 Å². The molecule has 3 rings (SSSR count). The lowest BCUT2D eigenvalue weighted by Gasteiger charge is -2.06. The Balaban J connectivity index is 2.05. The monoisotopic (exact) mass is 419 g/mol. The smallest absolute Gasteiger partial charge is 0.224 e. The van der Waals surface area contributed by atoms with Gasteiger partial charge in [0.1, 0.15) is 21.8 Å². The first kappa shape index (κ1) is 21.1. The van der Waals surface area contributed by atoms with E-state index in [2.05, 4.69) is 16.4 Å². The molecule has 152 valence electrons. The molecular formula is C23H21N3O3S. The average Bonchev–Trinajstić information content (AvgIpc) is 3.18. The summed E-state index contributed by atoms with van der Waals surface area (Å²) < 4.78 is 5.41. The summed E-state index contributed by atoms with van der Waals surface area (Å²) >= 11 is 1.25. The van der Waals surface area contributed by atoms with E-state index in [1.165, 1.54) is 17.4 Å². The summed E-state index contributed by atoms with van der Waals surface area (Å²) in [5, 5.41) is 23.6. The Morgan fingerprint density at radius 3 is 2.70 bits per heavy atom. The second-order valence-electron chi connectivity index (χ2n) is 6.29. The molecule has 0 aliphatic rings. The Labute approximate surface area is 179 Å². The predicted molar refractivity (Wildman–Crippen MR) is 119 cm³/mol. The number of carbonyl (C=O) groups excluding carboxylic acids is 1. The molecule has 0 spiro atoms. The molecule has 0 radical (unpaired) electrons. The number of amides is 1. The minimum Gasteiger partial charge on any atom is -0.504 e. The van der Waals surface area contributed by atoms with Crippen molar-refractivity contribution in [3.05, 3.63) is 59.1 Å². The maximum atomic E-state index is 12.0. The van der Waals surface area contributed by atoms with Crippen LogP contribution in [0.2, 0.25) is 0 Å². The molecule has 0 unspecified atom stereocenters. The maximum Gasteiger partial charge on any atom is 0.224 e. The van der Waals surface area contributed by atoms with Crippen molar-refractivity contribution in [1.29, 1.82) is 5.26 Å². The van der Waals surface area contributed by atoms with Crippen LogP contribution in [0.1, 0.15) is 30.8 Å². The molecule has 3 aromatic rings. The van der Waals surface area contributed by atoms with Crippen LogP contribution in [0.25, 0.3) is 22.9 Å². The van der Waals surface area contributed by atoms with Gasteiger partial charge in [0.25, 0.3) is 0 Å². The molecule has 0 aliphatic heterocycles. The number of aromatic hydroxyl groups is 1. The van der Waals surface area contributed by atoms with Gasteiger partial charge in [0.15, 0.2) is 11.5 Å². The first-order valence-corrected chi connectivity index (χ1v) is 10.3. The number of allylic oxidation sites excluding steroid dienone is 1. The standard InChI is InChI=1S/C23H21N3O3S/c1-3-20(28)25-23-21(16-8-6-5-7-9-16)26-22(30-23)17(14-24)12-15-10-11-18(27)19(13-15)29-4-2/h5-13,27H,3-4H2,1-2H3,(H,25,28)/b17-12+. The molecule has 2 N–H and O–H groups in total. The highest BCUT2D eigenvalue weighted by Crippen LogP contribution is 2.37. The molecule has 1 aromatic heterocycles. The number of anilines is 1. The van der Waals surface area contributed by atoms with E-state index in [-0.39, 0.29) is 11.7 Å². The highest BCUT2D eigenvalue weighted by Gasteiger charge is 2.17. The first-order valence-electron chi connectivity index (χ1n) is 9.49. The predicted octanol–water partition coefficient (Wildman–Crippen LogP) is 5.33. The Morgan fingerprint density at radius 1 is 1.27 bits per heavy atom. The van der Waals surface area contributed by atoms with Crippen LogP contribution in [-0.4, -0.2) is 22.6 Å². The average molecular weight is 420 g/mol. The van der Waals surface area contributed by atoms with Crippen molar-refractivity contribution >= 4 is 33.9 Å². The third-order valence-corrected chi connectivity index (χ3v) is 5.20. The SMILES string of the molecule is CCOc1cc(/C=C(\C#N)c2nc(-c3ccccc3)c(NC(=O)CC)s2)ccc1O. The topological polar surface area (TPSA) is 95.2 Å². The van der Waals surface area contributed by atoms with Crippen molar-refractivity contribution < 1.29 is 14.6 Å². The van der Waals surface area contributed by atoms with E-state index >= 15 is 0 Å². The van der Waals surface area contributed by atoms with E-state index in [4.69, 9.17) is 4.74 Å². The van der Waals surface area contributed by atoms with E-state index in [0.717, 1.165) is 5.56 Å². The minimum atomic E-state index is -0.121. The molecule has 2 aromatic carbocycles. The number of benzene rings is 2. The fourth-order valence-corrected chi connectivity index (χ4v) is 3.70. The number of nitrogens with zero attached hydrogens (tertiary/aromatic N) is 2. The fraction of sp³-hybridized carbons (Fsp3) is 0.174. The zero-order valence-electron chi connectivity index (χ0n) is 16.7. The van der Waals surface area contributed by atoms with Crippen LogP contribution >= 0.6 is 11.3 Å². The molecule has 30 heavy (non-hydrogen) atoms. The van der Waals surface area contributed by atoms with Crippen molar-refractivity contribution in [1.82, 2.24) is 4.98 Å². The second kappa shape index (κ2) is 9.72.